The number of rotatable bonds is 7. The van der Waals surface area contributed by atoms with Gasteiger partial charge in [-0.05, 0) is 89.4 Å². The van der Waals surface area contributed by atoms with E-state index in [1.165, 1.54) is 44.5 Å². The van der Waals surface area contributed by atoms with E-state index in [9.17, 15) is 0 Å². The number of hydrogen-bond acceptors (Lipinski definition) is 1. The number of fused-ring (bicyclic) bond motifs is 1. The van der Waals surface area contributed by atoms with Gasteiger partial charge in [-0.2, -0.15) is 0 Å². The van der Waals surface area contributed by atoms with E-state index in [0.29, 0.717) is 0 Å². The Hall–Kier alpha value is -5.08. The average Bonchev–Trinajstić information content (AvgIpc) is 3.30. The molecular formula is C44H42N2. The summed E-state index contributed by atoms with van der Waals surface area (Å²) in [6.45, 7) is 13.5. The lowest BCUT2D eigenvalue weighted by Crippen LogP contribution is -2.19. The number of hydrogen-bond donors (Lipinski definition) is 0. The first-order valence-electron chi connectivity index (χ1n) is 16.2. The third kappa shape index (κ3) is 6.08. The minimum atomic E-state index is -0.124. The Morgan fingerprint density at radius 1 is 0.609 bits per heavy atom. The first kappa shape index (κ1) is 30.9. The molecule has 0 spiro atoms. The van der Waals surface area contributed by atoms with Crippen molar-refractivity contribution in [3.63, 3.8) is 0 Å². The van der Waals surface area contributed by atoms with Crippen molar-refractivity contribution in [1.29, 1.82) is 0 Å². The SMILES string of the molecule is CC(=NC(=NC(C)c1cccc(/C(C)=C(/C2=C(C)c3ccccc3C2(C)C)c2ccccc2)c1)c1ccccc1)c1ccccc1. The minimum Gasteiger partial charge on any atom is -0.258 e. The summed E-state index contributed by atoms with van der Waals surface area (Å²) in [5.41, 5.74) is 14.6. The van der Waals surface area contributed by atoms with Gasteiger partial charge in [0.05, 0.1) is 6.04 Å². The van der Waals surface area contributed by atoms with Gasteiger partial charge in [-0.25, -0.2) is 4.99 Å². The van der Waals surface area contributed by atoms with Crippen LogP contribution >= 0.6 is 0 Å². The Morgan fingerprint density at radius 3 is 1.78 bits per heavy atom. The third-order valence-corrected chi connectivity index (χ3v) is 9.31. The van der Waals surface area contributed by atoms with Crippen molar-refractivity contribution in [1.82, 2.24) is 0 Å². The number of allylic oxidation sites excluding steroid dienone is 4. The molecule has 0 fully saturated rings. The predicted octanol–water partition coefficient (Wildman–Crippen LogP) is 11.4. The number of aliphatic imine (C=N–C) groups is 2. The molecule has 0 saturated heterocycles. The van der Waals surface area contributed by atoms with Gasteiger partial charge >= 0.3 is 0 Å². The third-order valence-electron chi connectivity index (χ3n) is 9.31. The molecule has 5 aromatic rings. The summed E-state index contributed by atoms with van der Waals surface area (Å²) in [6.07, 6.45) is 0. The van der Waals surface area contributed by atoms with Gasteiger partial charge in [0.2, 0.25) is 0 Å². The van der Waals surface area contributed by atoms with Crippen LogP contribution in [0.2, 0.25) is 0 Å². The maximum Gasteiger partial charge on any atom is 0.155 e. The molecule has 2 heteroatoms. The zero-order valence-corrected chi connectivity index (χ0v) is 27.8. The molecule has 1 aliphatic rings. The fourth-order valence-corrected chi connectivity index (χ4v) is 6.84. The monoisotopic (exact) mass is 598 g/mol. The summed E-state index contributed by atoms with van der Waals surface area (Å²) in [5, 5.41) is 0. The van der Waals surface area contributed by atoms with E-state index < -0.39 is 0 Å². The van der Waals surface area contributed by atoms with Crippen molar-refractivity contribution >= 4 is 28.3 Å². The van der Waals surface area contributed by atoms with Gasteiger partial charge in [0.1, 0.15) is 0 Å². The zero-order chi connectivity index (χ0) is 32.3. The molecule has 0 bridgehead atoms. The second-order valence-electron chi connectivity index (χ2n) is 12.7. The van der Waals surface area contributed by atoms with Crippen LogP contribution in [0, 0.1) is 0 Å². The van der Waals surface area contributed by atoms with Gasteiger partial charge in [0.25, 0.3) is 0 Å². The molecule has 1 atom stereocenters. The molecule has 0 N–H and O–H groups in total. The number of benzene rings is 5. The highest BCUT2D eigenvalue weighted by atomic mass is 14.9. The molecule has 0 aromatic heterocycles. The summed E-state index contributed by atoms with van der Waals surface area (Å²) in [6, 6.07) is 49.1. The van der Waals surface area contributed by atoms with Crippen LogP contribution in [0.3, 0.4) is 0 Å². The first-order chi connectivity index (χ1) is 22.3. The van der Waals surface area contributed by atoms with Gasteiger partial charge in [-0.1, -0.05) is 147 Å². The van der Waals surface area contributed by atoms with Crippen molar-refractivity contribution in [3.05, 3.63) is 184 Å². The van der Waals surface area contributed by atoms with Gasteiger partial charge in [0.15, 0.2) is 5.84 Å². The van der Waals surface area contributed by atoms with E-state index in [1.54, 1.807) is 0 Å². The second kappa shape index (κ2) is 13.1. The highest BCUT2D eigenvalue weighted by molar-refractivity contribution is 6.11. The lowest BCUT2D eigenvalue weighted by atomic mass is 9.74. The molecule has 0 saturated carbocycles. The molecule has 2 nitrogen and oxygen atoms in total. The fraction of sp³-hybridized carbons (Fsp3) is 0.182. The Morgan fingerprint density at radius 2 is 1.15 bits per heavy atom. The lowest BCUT2D eigenvalue weighted by Gasteiger charge is -2.29. The van der Waals surface area contributed by atoms with Gasteiger partial charge in [0, 0.05) is 16.7 Å². The molecule has 0 amide bonds. The maximum atomic E-state index is 5.23. The van der Waals surface area contributed by atoms with Gasteiger partial charge in [-0.15, -0.1) is 0 Å². The normalized spacial score (nSPS) is 15.8. The van der Waals surface area contributed by atoms with Crippen LogP contribution < -0.4 is 0 Å². The molecule has 1 aliphatic carbocycles. The molecule has 46 heavy (non-hydrogen) atoms. The highest BCUT2D eigenvalue weighted by Gasteiger charge is 2.38. The van der Waals surface area contributed by atoms with E-state index in [1.807, 2.05) is 36.4 Å². The van der Waals surface area contributed by atoms with Crippen molar-refractivity contribution in [3.8, 4) is 0 Å². The largest absolute Gasteiger partial charge is 0.258 e. The maximum absolute atomic E-state index is 5.23. The molecule has 0 radical (unpaired) electrons. The van der Waals surface area contributed by atoms with E-state index in [-0.39, 0.29) is 11.5 Å². The van der Waals surface area contributed by atoms with Gasteiger partial charge < -0.3 is 0 Å². The van der Waals surface area contributed by atoms with Crippen molar-refractivity contribution in [2.24, 2.45) is 9.98 Å². The van der Waals surface area contributed by atoms with E-state index in [4.69, 9.17) is 9.98 Å². The Balaban J connectivity index is 1.45. The zero-order valence-electron chi connectivity index (χ0n) is 27.8. The van der Waals surface area contributed by atoms with E-state index in [0.717, 1.165) is 28.2 Å². The molecule has 0 aliphatic heterocycles. The van der Waals surface area contributed by atoms with Crippen LogP contribution in [0.25, 0.3) is 16.7 Å². The van der Waals surface area contributed by atoms with Gasteiger partial charge in [-0.3, -0.25) is 4.99 Å². The van der Waals surface area contributed by atoms with Crippen molar-refractivity contribution in [2.45, 2.75) is 53.0 Å². The molecule has 228 valence electrons. The Kier molecular flexibility index (Phi) is 8.81. The molecule has 0 heterocycles. The van der Waals surface area contributed by atoms with Crippen LogP contribution in [0.4, 0.5) is 0 Å². The summed E-state index contributed by atoms with van der Waals surface area (Å²) in [4.78, 5) is 10.3. The lowest BCUT2D eigenvalue weighted by molar-refractivity contribution is 0.658. The topological polar surface area (TPSA) is 24.7 Å². The van der Waals surface area contributed by atoms with Crippen molar-refractivity contribution < 1.29 is 0 Å². The molecular weight excluding hydrogens is 556 g/mol. The summed E-state index contributed by atoms with van der Waals surface area (Å²) in [5.74, 6) is 0.739. The molecule has 5 aromatic carbocycles. The van der Waals surface area contributed by atoms with Crippen LogP contribution in [0.1, 0.15) is 86.5 Å². The van der Waals surface area contributed by atoms with E-state index in [2.05, 4.69) is 145 Å². The Labute approximate surface area is 274 Å². The minimum absolute atomic E-state index is 0.0939. The average molecular weight is 599 g/mol. The standard InChI is InChI=1S/C44H42N2/c1-30(41(35-21-12-8-13-22-35)42-31(2)39-27-16-17-28-40(39)44(42,5)6)37-25-18-26-38(29-37)33(4)46-43(36-23-14-9-15-24-36)45-32(3)34-19-10-7-11-20-34/h7-29,33H,1-6H3/b41-30+,45-32?,46-43?. The van der Waals surface area contributed by atoms with Crippen LogP contribution in [0.5, 0.6) is 0 Å². The summed E-state index contributed by atoms with van der Waals surface area (Å²) < 4.78 is 0. The fourth-order valence-electron chi connectivity index (χ4n) is 6.84. The molecule has 1 unspecified atom stereocenters. The second-order valence-corrected chi connectivity index (χ2v) is 12.7. The first-order valence-corrected chi connectivity index (χ1v) is 16.2. The van der Waals surface area contributed by atoms with Crippen LogP contribution in [-0.2, 0) is 5.41 Å². The quantitative estimate of drug-likeness (QED) is 0.101. The van der Waals surface area contributed by atoms with Crippen LogP contribution in [-0.4, -0.2) is 11.5 Å². The summed E-state index contributed by atoms with van der Waals surface area (Å²) in [7, 11) is 0. The number of nitrogens with zero attached hydrogens (tertiary/aromatic N) is 2. The van der Waals surface area contributed by atoms with Crippen LogP contribution in [0.15, 0.2) is 155 Å². The Bertz CT molecular complexity index is 1970. The molecule has 6 rings (SSSR count). The highest BCUT2D eigenvalue weighted by Crippen LogP contribution is 2.52. The summed E-state index contributed by atoms with van der Waals surface area (Å²) >= 11 is 0. The predicted molar refractivity (Wildman–Crippen MR) is 197 cm³/mol. The number of amidine groups is 1. The van der Waals surface area contributed by atoms with E-state index >= 15 is 0 Å². The van der Waals surface area contributed by atoms with Crippen molar-refractivity contribution in [2.75, 3.05) is 0 Å². The smallest absolute Gasteiger partial charge is 0.155 e.